The molecule has 3 nitrogen and oxygen atoms in total. The van der Waals surface area contributed by atoms with Gasteiger partial charge in [-0.1, -0.05) is 53.7 Å². The van der Waals surface area contributed by atoms with Crippen molar-refractivity contribution < 1.29 is 4.52 Å². The molecule has 0 unspecified atom stereocenters. The molecular weight excluding hydrogens is 284 g/mol. The molecule has 0 aliphatic carbocycles. The number of benzene rings is 2. The first-order valence-corrected chi connectivity index (χ1v) is 8.23. The van der Waals surface area contributed by atoms with Crippen LogP contribution in [0.3, 0.4) is 0 Å². The quantitative estimate of drug-likeness (QED) is 0.775. The van der Waals surface area contributed by atoms with Gasteiger partial charge in [0.2, 0.25) is 0 Å². The van der Waals surface area contributed by atoms with E-state index in [1.54, 1.807) is 0 Å². The largest absolute Gasteiger partial charge is 0.360 e. The molecule has 4 rings (SSSR count). The fourth-order valence-electron chi connectivity index (χ4n) is 3.21. The molecule has 2 heterocycles. The van der Waals surface area contributed by atoms with Crippen LogP contribution in [0.1, 0.15) is 24.5 Å². The maximum Gasteiger partial charge on any atom is 0.140 e. The maximum absolute atomic E-state index is 5.63. The lowest BCUT2D eigenvalue weighted by Gasteiger charge is -2.19. The number of aromatic nitrogens is 1. The number of hydrogen-bond acceptors (Lipinski definition) is 3. The van der Waals surface area contributed by atoms with Gasteiger partial charge in [-0.25, -0.2) is 0 Å². The predicted octanol–water partition coefficient (Wildman–Crippen LogP) is 4.48. The van der Waals surface area contributed by atoms with Crippen LogP contribution in [0.25, 0.3) is 22.4 Å². The zero-order chi connectivity index (χ0) is 15.5. The molecule has 0 bridgehead atoms. The Hall–Kier alpha value is -2.39. The smallest absolute Gasteiger partial charge is 0.140 e. The first-order valence-electron chi connectivity index (χ1n) is 8.23. The molecule has 1 aliphatic heterocycles. The molecule has 1 fully saturated rings. The summed E-state index contributed by atoms with van der Waals surface area (Å²) in [4.78, 5) is 0. The summed E-state index contributed by atoms with van der Waals surface area (Å²) in [7, 11) is 0. The monoisotopic (exact) mass is 304 g/mol. The fraction of sp³-hybridized carbons (Fsp3) is 0.250. The Balaban J connectivity index is 1.62. The maximum atomic E-state index is 5.63. The van der Waals surface area contributed by atoms with E-state index in [0.29, 0.717) is 5.92 Å². The lowest BCUT2D eigenvalue weighted by Crippen LogP contribution is -2.26. The normalized spacial score (nSPS) is 15.7. The second-order valence-corrected chi connectivity index (χ2v) is 6.09. The Kier molecular flexibility index (Phi) is 3.95. The molecule has 116 valence electrons. The van der Waals surface area contributed by atoms with Gasteiger partial charge in [-0.15, -0.1) is 0 Å². The van der Waals surface area contributed by atoms with Crippen LogP contribution in [0.4, 0.5) is 0 Å². The number of hydrogen-bond donors (Lipinski definition) is 1. The van der Waals surface area contributed by atoms with Crippen LogP contribution in [0.15, 0.2) is 65.2 Å². The highest BCUT2D eigenvalue weighted by molar-refractivity contribution is 5.71. The minimum absolute atomic E-state index is 0.495. The molecule has 1 saturated heterocycles. The summed E-state index contributed by atoms with van der Waals surface area (Å²) in [5.74, 6) is 1.52. The molecule has 23 heavy (non-hydrogen) atoms. The van der Waals surface area contributed by atoms with E-state index < -0.39 is 0 Å². The van der Waals surface area contributed by atoms with E-state index in [0.717, 1.165) is 42.9 Å². The van der Waals surface area contributed by atoms with Crippen molar-refractivity contribution >= 4 is 0 Å². The van der Waals surface area contributed by atoms with Crippen molar-refractivity contribution in [1.82, 2.24) is 10.5 Å². The lowest BCUT2D eigenvalue weighted by molar-refractivity contribution is 0.329. The first kappa shape index (κ1) is 14.2. The van der Waals surface area contributed by atoms with Gasteiger partial charge in [0.1, 0.15) is 11.5 Å². The zero-order valence-corrected chi connectivity index (χ0v) is 13.0. The van der Waals surface area contributed by atoms with Crippen molar-refractivity contribution in [2.45, 2.75) is 18.8 Å². The van der Waals surface area contributed by atoms with Gasteiger partial charge in [-0.3, -0.25) is 0 Å². The van der Waals surface area contributed by atoms with Crippen molar-refractivity contribution in [2.75, 3.05) is 13.1 Å². The van der Waals surface area contributed by atoms with E-state index in [1.165, 1.54) is 11.1 Å². The van der Waals surface area contributed by atoms with Crippen molar-refractivity contribution in [3.8, 4) is 22.4 Å². The van der Waals surface area contributed by atoms with Crippen LogP contribution in [0.5, 0.6) is 0 Å². The Morgan fingerprint density at radius 2 is 1.57 bits per heavy atom. The average molecular weight is 304 g/mol. The summed E-state index contributed by atoms with van der Waals surface area (Å²) >= 11 is 0. The molecule has 0 radical (unpaired) electrons. The Labute approximate surface area is 136 Å². The Morgan fingerprint density at radius 1 is 0.826 bits per heavy atom. The van der Waals surface area contributed by atoms with Crippen LogP contribution in [-0.4, -0.2) is 18.2 Å². The zero-order valence-electron chi connectivity index (χ0n) is 13.0. The van der Waals surface area contributed by atoms with Gasteiger partial charge in [0, 0.05) is 17.5 Å². The minimum atomic E-state index is 0.495. The standard InChI is InChI=1S/C20H20N2O/c1-2-5-15(6-3-1)17-7-4-8-18(13-17)19-14-20(23-22-19)16-9-11-21-12-10-16/h1-8,13-14,16,21H,9-12H2. The van der Waals surface area contributed by atoms with Gasteiger partial charge in [0.25, 0.3) is 0 Å². The van der Waals surface area contributed by atoms with Crippen molar-refractivity contribution in [1.29, 1.82) is 0 Å². The van der Waals surface area contributed by atoms with Crippen LogP contribution < -0.4 is 5.32 Å². The number of piperidine rings is 1. The van der Waals surface area contributed by atoms with Gasteiger partial charge < -0.3 is 9.84 Å². The molecule has 0 spiro atoms. The molecule has 1 N–H and O–H groups in total. The molecule has 1 aliphatic rings. The van der Waals surface area contributed by atoms with Crippen molar-refractivity contribution in [2.24, 2.45) is 0 Å². The molecule has 3 heteroatoms. The van der Waals surface area contributed by atoms with E-state index in [2.05, 4.69) is 65.1 Å². The van der Waals surface area contributed by atoms with Gasteiger partial charge in [-0.05, 0) is 43.1 Å². The van der Waals surface area contributed by atoms with E-state index in [1.807, 2.05) is 6.07 Å². The van der Waals surface area contributed by atoms with Gasteiger partial charge in [0.05, 0.1) is 0 Å². The summed E-state index contributed by atoms with van der Waals surface area (Å²) in [6, 6.07) is 21.0. The molecule has 1 aromatic heterocycles. The summed E-state index contributed by atoms with van der Waals surface area (Å²) < 4.78 is 5.63. The third-order valence-corrected chi connectivity index (χ3v) is 4.54. The van der Waals surface area contributed by atoms with Crippen LogP contribution in [0, 0.1) is 0 Å². The molecule has 0 amide bonds. The fourth-order valence-corrected chi connectivity index (χ4v) is 3.21. The van der Waals surface area contributed by atoms with E-state index in [-0.39, 0.29) is 0 Å². The topological polar surface area (TPSA) is 38.1 Å². The molecule has 0 saturated carbocycles. The predicted molar refractivity (Wildman–Crippen MR) is 92.2 cm³/mol. The highest BCUT2D eigenvalue weighted by Gasteiger charge is 2.20. The van der Waals surface area contributed by atoms with Crippen LogP contribution in [0.2, 0.25) is 0 Å². The van der Waals surface area contributed by atoms with Gasteiger partial charge >= 0.3 is 0 Å². The number of nitrogens with zero attached hydrogens (tertiary/aromatic N) is 1. The third kappa shape index (κ3) is 3.06. The lowest BCUT2D eigenvalue weighted by atomic mass is 9.94. The summed E-state index contributed by atoms with van der Waals surface area (Å²) in [6.07, 6.45) is 2.25. The average Bonchev–Trinajstić information content (AvgIpc) is 3.14. The van der Waals surface area contributed by atoms with Gasteiger partial charge in [0.15, 0.2) is 0 Å². The second-order valence-electron chi connectivity index (χ2n) is 6.09. The summed E-state index contributed by atoms with van der Waals surface area (Å²) in [5, 5.41) is 7.69. The molecule has 3 aromatic rings. The summed E-state index contributed by atoms with van der Waals surface area (Å²) in [5.41, 5.74) is 4.46. The summed E-state index contributed by atoms with van der Waals surface area (Å²) in [6.45, 7) is 2.12. The number of nitrogens with one attached hydrogen (secondary N) is 1. The highest BCUT2D eigenvalue weighted by Crippen LogP contribution is 2.30. The van der Waals surface area contributed by atoms with Crippen molar-refractivity contribution in [3.05, 3.63) is 66.4 Å². The molecule has 0 atom stereocenters. The Morgan fingerprint density at radius 3 is 2.39 bits per heavy atom. The second kappa shape index (κ2) is 6.39. The van der Waals surface area contributed by atoms with Crippen LogP contribution in [-0.2, 0) is 0 Å². The highest BCUT2D eigenvalue weighted by atomic mass is 16.5. The van der Waals surface area contributed by atoms with Crippen molar-refractivity contribution in [3.63, 3.8) is 0 Å². The van der Waals surface area contributed by atoms with E-state index in [4.69, 9.17) is 4.52 Å². The molecule has 2 aromatic carbocycles. The Bertz CT molecular complexity index is 773. The van der Waals surface area contributed by atoms with Gasteiger partial charge in [-0.2, -0.15) is 0 Å². The van der Waals surface area contributed by atoms with E-state index in [9.17, 15) is 0 Å². The SMILES string of the molecule is c1ccc(-c2cccc(-c3cc(C4CCNCC4)on3)c2)cc1. The van der Waals surface area contributed by atoms with Crippen LogP contribution >= 0.6 is 0 Å². The molecular formula is C20H20N2O. The number of rotatable bonds is 3. The first-order chi connectivity index (χ1) is 11.4. The minimum Gasteiger partial charge on any atom is -0.360 e. The van der Waals surface area contributed by atoms with E-state index >= 15 is 0 Å². The third-order valence-electron chi connectivity index (χ3n) is 4.54.